The summed E-state index contributed by atoms with van der Waals surface area (Å²) in [6, 6.07) is 32.0. The first-order chi connectivity index (χ1) is 28.1. The zero-order chi connectivity index (χ0) is 41.2. The Morgan fingerprint density at radius 3 is 1.36 bits per heavy atom. The van der Waals surface area contributed by atoms with Gasteiger partial charge in [0.2, 0.25) is 9.84 Å². The second-order valence-corrected chi connectivity index (χ2v) is 18.5. The summed E-state index contributed by atoms with van der Waals surface area (Å²) in [6.07, 6.45) is 11.7. The highest BCUT2D eigenvalue weighted by Crippen LogP contribution is 2.48. The van der Waals surface area contributed by atoms with Crippen molar-refractivity contribution in [3.05, 3.63) is 136 Å². The van der Waals surface area contributed by atoms with E-state index in [0.29, 0.717) is 11.5 Å². The van der Waals surface area contributed by atoms with E-state index in [0.717, 1.165) is 93.7 Å². The van der Waals surface area contributed by atoms with Crippen LogP contribution in [0.5, 0.6) is 17.2 Å². The van der Waals surface area contributed by atoms with Crippen LogP contribution < -0.4 is 13.6 Å². The molecule has 6 rings (SSSR count). The lowest BCUT2D eigenvalue weighted by atomic mass is 9.94. The third kappa shape index (κ3) is 10.1. The fraction of sp³-hybridized carbons (Fsp3) is 0.373. The third-order valence-corrected chi connectivity index (χ3v) is 13.5. The van der Waals surface area contributed by atoms with Gasteiger partial charge >= 0.3 is 8.60 Å². The Kier molecular flexibility index (Phi) is 14.9. The quantitative estimate of drug-likeness (QED) is 0.0718. The predicted molar refractivity (Wildman–Crippen MR) is 244 cm³/mol. The molecule has 0 fully saturated rings. The maximum atomic E-state index is 14.2. The van der Waals surface area contributed by atoms with Crippen molar-refractivity contribution in [2.45, 2.75) is 135 Å². The highest BCUT2D eigenvalue weighted by molar-refractivity contribution is 7.91. The highest BCUT2D eigenvalue weighted by Gasteiger charge is 2.29. The molecule has 58 heavy (non-hydrogen) atoms. The summed E-state index contributed by atoms with van der Waals surface area (Å²) in [4.78, 5) is 0.275. The van der Waals surface area contributed by atoms with Gasteiger partial charge in [-0.25, -0.2) is 8.42 Å². The molecule has 6 aromatic carbocycles. The van der Waals surface area contributed by atoms with Crippen LogP contribution in [-0.4, -0.2) is 8.42 Å². The zero-order valence-corrected chi connectivity index (χ0v) is 37.3. The van der Waals surface area contributed by atoms with Crippen LogP contribution in [0.2, 0.25) is 0 Å². The molecule has 0 spiro atoms. The minimum Gasteiger partial charge on any atom is -0.408 e. The number of hydrogen-bond donors (Lipinski definition) is 0. The van der Waals surface area contributed by atoms with Gasteiger partial charge in [-0.1, -0.05) is 134 Å². The molecule has 0 aliphatic rings. The minimum atomic E-state index is -3.94. The predicted octanol–water partition coefficient (Wildman–Crippen LogP) is 14.6. The van der Waals surface area contributed by atoms with E-state index >= 15 is 0 Å². The van der Waals surface area contributed by atoms with Crippen LogP contribution >= 0.6 is 8.60 Å². The van der Waals surface area contributed by atoms with Crippen molar-refractivity contribution < 1.29 is 22.0 Å². The summed E-state index contributed by atoms with van der Waals surface area (Å²) in [5.41, 5.74) is 8.47. The van der Waals surface area contributed by atoms with Gasteiger partial charge in [0.1, 0.15) is 22.1 Å². The highest BCUT2D eigenvalue weighted by atomic mass is 32.2. The van der Waals surface area contributed by atoms with Crippen LogP contribution in [0.1, 0.15) is 119 Å². The molecule has 0 atom stereocenters. The van der Waals surface area contributed by atoms with Gasteiger partial charge in [-0.05, 0) is 149 Å². The molecule has 5 nitrogen and oxygen atoms in total. The normalized spacial score (nSPS) is 11.8. The number of hydrogen-bond acceptors (Lipinski definition) is 5. The van der Waals surface area contributed by atoms with E-state index in [-0.39, 0.29) is 15.5 Å². The first kappa shape index (κ1) is 43.2. The maximum Gasteiger partial charge on any atom is 0.530 e. The van der Waals surface area contributed by atoms with E-state index in [1.165, 1.54) is 43.8 Å². The van der Waals surface area contributed by atoms with Crippen LogP contribution in [-0.2, 0) is 48.4 Å². The van der Waals surface area contributed by atoms with Gasteiger partial charge in [-0.2, -0.15) is 0 Å². The Morgan fingerprint density at radius 1 is 0.466 bits per heavy atom. The van der Waals surface area contributed by atoms with Gasteiger partial charge in [0.05, 0.1) is 4.90 Å². The van der Waals surface area contributed by atoms with Crippen molar-refractivity contribution in [2.75, 3.05) is 0 Å². The van der Waals surface area contributed by atoms with Crippen molar-refractivity contribution in [1.82, 2.24) is 0 Å². The molecule has 0 aromatic heterocycles. The van der Waals surface area contributed by atoms with E-state index < -0.39 is 18.4 Å². The Hall–Kier alpha value is -4.38. The van der Waals surface area contributed by atoms with E-state index in [1.54, 1.807) is 36.4 Å². The van der Waals surface area contributed by atoms with Crippen LogP contribution in [0.15, 0.2) is 107 Å². The maximum absolute atomic E-state index is 14.2. The fourth-order valence-corrected chi connectivity index (χ4v) is 10.5. The number of sulfone groups is 1. The third-order valence-electron chi connectivity index (χ3n) is 10.7. The lowest BCUT2D eigenvalue weighted by Gasteiger charge is -2.23. The summed E-state index contributed by atoms with van der Waals surface area (Å²) < 4.78 is 49.3. The summed E-state index contributed by atoms with van der Waals surface area (Å²) in [6.45, 7) is 15.2. The molecule has 306 valence electrons. The van der Waals surface area contributed by atoms with Crippen molar-refractivity contribution >= 4 is 40.0 Å². The molecule has 0 radical (unpaired) electrons. The van der Waals surface area contributed by atoms with Crippen LogP contribution in [0.3, 0.4) is 0 Å². The van der Waals surface area contributed by atoms with Crippen molar-refractivity contribution in [3.63, 3.8) is 0 Å². The van der Waals surface area contributed by atoms with Gasteiger partial charge < -0.3 is 13.6 Å². The van der Waals surface area contributed by atoms with Crippen LogP contribution in [0, 0.1) is 6.92 Å². The monoisotopic (exact) mass is 816 g/mol. The van der Waals surface area contributed by atoms with E-state index in [4.69, 9.17) is 13.6 Å². The smallest absolute Gasteiger partial charge is 0.408 e. The number of para-hydroxylation sites is 1. The number of fused-ring (bicyclic) bond motifs is 2. The average molecular weight is 817 g/mol. The molecule has 0 amide bonds. The topological polar surface area (TPSA) is 61.8 Å². The van der Waals surface area contributed by atoms with Crippen LogP contribution in [0.25, 0.3) is 21.5 Å². The molecule has 6 aromatic rings. The molecule has 0 saturated carbocycles. The number of rotatable bonds is 20. The Labute approximate surface area is 349 Å². The molecule has 0 unspecified atom stereocenters. The van der Waals surface area contributed by atoms with Crippen molar-refractivity contribution in [2.24, 2.45) is 0 Å². The fourth-order valence-electron chi connectivity index (χ4n) is 7.97. The lowest BCUT2D eigenvalue weighted by molar-refractivity contribution is 0.381. The van der Waals surface area contributed by atoms with E-state index in [2.05, 4.69) is 90.1 Å². The molecular weight excluding hydrogens is 756 g/mol. The van der Waals surface area contributed by atoms with Gasteiger partial charge in [0.25, 0.3) is 0 Å². The standard InChI is InChI=1S/C51H61O5PS/c1-8-16-37-28-39(18-10-3)46-34-49(41(20-12-5)32-43(46)30-37)55-57(54-48-22-14-15-23-51(48)58(52,53)45-26-24-36(7)25-27-45)56-50-35-47-40(19-11-4)29-38(17-9-2)31-44(47)33-42(50)21-13-6/h14-15,22-35H,8-13,16-21H2,1-7H3. The molecule has 0 N–H and O–H groups in total. The Morgan fingerprint density at radius 2 is 0.897 bits per heavy atom. The van der Waals surface area contributed by atoms with Crippen molar-refractivity contribution in [3.8, 4) is 17.2 Å². The van der Waals surface area contributed by atoms with Gasteiger partial charge in [0, 0.05) is 0 Å². The molecule has 0 heterocycles. The van der Waals surface area contributed by atoms with Gasteiger partial charge in [-0.15, -0.1) is 0 Å². The summed E-state index contributed by atoms with van der Waals surface area (Å²) in [5, 5.41) is 4.77. The second-order valence-electron chi connectivity index (χ2n) is 15.6. The van der Waals surface area contributed by atoms with Crippen LogP contribution in [0.4, 0.5) is 0 Å². The largest absolute Gasteiger partial charge is 0.530 e. The lowest BCUT2D eigenvalue weighted by Crippen LogP contribution is -2.09. The van der Waals surface area contributed by atoms with Gasteiger partial charge in [0.15, 0.2) is 0 Å². The summed E-state index contributed by atoms with van der Waals surface area (Å²) in [5.74, 6) is 1.60. The summed E-state index contributed by atoms with van der Waals surface area (Å²) in [7, 11) is -6.15. The van der Waals surface area contributed by atoms with Gasteiger partial charge in [-0.3, -0.25) is 0 Å². The average Bonchev–Trinajstić information content (AvgIpc) is 3.20. The van der Waals surface area contributed by atoms with Crippen molar-refractivity contribution in [1.29, 1.82) is 0 Å². The molecule has 0 bridgehead atoms. The number of aryl methyl sites for hydroxylation is 7. The molecule has 7 heteroatoms. The minimum absolute atomic E-state index is 0.0699. The second kappa shape index (κ2) is 20.1. The molecule has 0 aliphatic heterocycles. The first-order valence-corrected chi connectivity index (χ1v) is 24.1. The Bertz CT molecular complexity index is 2330. The summed E-state index contributed by atoms with van der Waals surface area (Å²) >= 11 is 0. The number of benzene rings is 6. The SMILES string of the molecule is CCCc1cc(CCC)c2cc(OP(Oc3cc4c(CCC)cc(CCC)cc4cc3CCC)Oc3ccccc3S(=O)(=O)c3ccc(C)cc3)c(CCC)cc2c1. The zero-order valence-electron chi connectivity index (χ0n) is 35.6. The molecular formula is C51H61O5PS. The molecule has 0 aliphatic carbocycles. The molecule has 0 saturated heterocycles. The van der Waals surface area contributed by atoms with E-state index in [9.17, 15) is 8.42 Å². The van der Waals surface area contributed by atoms with E-state index in [1.807, 2.05) is 19.1 Å². The first-order valence-electron chi connectivity index (χ1n) is 21.5. The Balaban J connectivity index is 1.52.